The maximum absolute atomic E-state index is 12.4. The summed E-state index contributed by atoms with van der Waals surface area (Å²) in [5, 5.41) is 3.99. The van der Waals surface area contributed by atoms with Crippen LogP contribution in [0.4, 0.5) is 0 Å². The number of nitrogens with one attached hydrogen (secondary N) is 2. The maximum atomic E-state index is 12.4. The Labute approximate surface area is 135 Å². The van der Waals surface area contributed by atoms with Gasteiger partial charge in [-0.1, -0.05) is 24.3 Å². The Morgan fingerprint density at radius 1 is 1.17 bits per heavy atom. The molecule has 3 rings (SSSR count). The molecule has 1 heterocycles. The summed E-state index contributed by atoms with van der Waals surface area (Å²) < 4.78 is 5.14. The number of benzene rings is 2. The summed E-state index contributed by atoms with van der Waals surface area (Å²) in [5.74, 6) is 0.797. The standard InChI is InChI=1S/C19H20N2O2/c1-13-4-3-5-17-18(13)16(12-21-17)19(22)20-11-10-14-6-8-15(23-2)9-7-14/h3-9,12,21H,10-11H2,1-2H3,(H,20,22). The number of aromatic amines is 1. The first-order chi connectivity index (χ1) is 11.2. The molecule has 0 aliphatic rings. The van der Waals surface area contributed by atoms with Crippen LogP contribution in [0.15, 0.2) is 48.7 Å². The van der Waals surface area contributed by atoms with E-state index in [2.05, 4.69) is 10.3 Å². The molecule has 4 nitrogen and oxygen atoms in total. The highest BCUT2D eigenvalue weighted by Gasteiger charge is 2.12. The van der Waals surface area contributed by atoms with E-state index >= 15 is 0 Å². The van der Waals surface area contributed by atoms with Crippen LogP contribution in [-0.4, -0.2) is 24.5 Å². The number of H-pyrrole nitrogens is 1. The number of carbonyl (C=O) groups is 1. The molecule has 0 aliphatic carbocycles. The topological polar surface area (TPSA) is 54.1 Å². The van der Waals surface area contributed by atoms with E-state index in [1.54, 1.807) is 13.3 Å². The minimum absolute atomic E-state index is 0.0425. The number of ether oxygens (including phenoxy) is 1. The van der Waals surface area contributed by atoms with Crippen molar-refractivity contribution in [2.45, 2.75) is 13.3 Å². The zero-order chi connectivity index (χ0) is 16.2. The van der Waals surface area contributed by atoms with Gasteiger partial charge in [-0.15, -0.1) is 0 Å². The molecule has 2 N–H and O–H groups in total. The molecule has 23 heavy (non-hydrogen) atoms. The highest BCUT2D eigenvalue weighted by atomic mass is 16.5. The van der Waals surface area contributed by atoms with Crippen molar-refractivity contribution in [2.24, 2.45) is 0 Å². The lowest BCUT2D eigenvalue weighted by molar-refractivity contribution is 0.0956. The van der Waals surface area contributed by atoms with Gasteiger partial charge in [0.25, 0.3) is 5.91 Å². The van der Waals surface area contributed by atoms with Gasteiger partial charge in [-0.05, 0) is 42.7 Å². The number of fused-ring (bicyclic) bond motifs is 1. The van der Waals surface area contributed by atoms with E-state index in [0.29, 0.717) is 12.1 Å². The van der Waals surface area contributed by atoms with Crippen molar-refractivity contribution in [3.05, 3.63) is 65.4 Å². The Balaban J connectivity index is 1.64. The van der Waals surface area contributed by atoms with Crippen molar-refractivity contribution in [1.29, 1.82) is 0 Å². The molecule has 0 fully saturated rings. The summed E-state index contributed by atoms with van der Waals surface area (Å²) in [6.07, 6.45) is 2.57. The Kier molecular flexibility index (Phi) is 4.33. The molecular formula is C19H20N2O2. The number of methoxy groups -OCH3 is 1. The molecule has 1 amide bonds. The Bertz CT molecular complexity index is 819. The van der Waals surface area contributed by atoms with Gasteiger partial charge < -0.3 is 15.0 Å². The third-order valence-corrected chi connectivity index (χ3v) is 4.02. The van der Waals surface area contributed by atoms with Crippen molar-refractivity contribution in [3.8, 4) is 5.75 Å². The van der Waals surface area contributed by atoms with Crippen molar-refractivity contribution < 1.29 is 9.53 Å². The van der Waals surface area contributed by atoms with Gasteiger partial charge in [-0.25, -0.2) is 0 Å². The van der Waals surface area contributed by atoms with Gasteiger partial charge in [-0.3, -0.25) is 4.79 Å². The van der Waals surface area contributed by atoms with Crippen LogP contribution in [0.5, 0.6) is 5.75 Å². The van der Waals surface area contributed by atoms with Crippen molar-refractivity contribution in [3.63, 3.8) is 0 Å². The minimum atomic E-state index is -0.0425. The second kappa shape index (κ2) is 6.57. The van der Waals surface area contributed by atoms with Gasteiger partial charge in [0, 0.05) is 23.6 Å². The number of carbonyl (C=O) groups excluding carboxylic acids is 1. The van der Waals surface area contributed by atoms with E-state index in [1.165, 1.54) is 5.56 Å². The van der Waals surface area contributed by atoms with E-state index in [4.69, 9.17) is 4.74 Å². The fourth-order valence-electron chi connectivity index (χ4n) is 2.75. The van der Waals surface area contributed by atoms with Crippen LogP contribution in [0.3, 0.4) is 0 Å². The average Bonchev–Trinajstić information content (AvgIpc) is 3.01. The first-order valence-electron chi connectivity index (χ1n) is 7.67. The first kappa shape index (κ1) is 15.2. The molecule has 0 saturated heterocycles. The molecule has 0 aliphatic heterocycles. The highest BCUT2D eigenvalue weighted by Crippen LogP contribution is 2.21. The molecule has 0 bridgehead atoms. The van der Waals surface area contributed by atoms with Gasteiger partial charge in [-0.2, -0.15) is 0 Å². The number of hydrogen-bond donors (Lipinski definition) is 2. The molecule has 1 aromatic heterocycles. The molecular weight excluding hydrogens is 288 g/mol. The van der Waals surface area contributed by atoms with E-state index in [0.717, 1.165) is 28.6 Å². The molecule has 3 aromatic rings. The van der Waals surface area contributed by atoms with Crippen LogP contribution in [0.25, 0.3) is 10.9 Å². The van der Waals surface area contributed by atoms with Crippen LogP contribution in [0, 0.1) is 6.92 Å². The van der Waals surface area contributed by atoms with Crippen molar-refractivity contribution in [2.75, 3.05) is 13.7 Å². The molecule has 0 radical (unpaired) electrons. The first-order valence-corrected chi connectivity index (χ1v) is 7.67. The van der Waals surface area contributed by atoms with Gasteiger partial charge in [0.2, 0.25) is 0 Å². The highest BCUT2D eigenvalue weighted by molar-refractivity contribution is 6.07. The number of amides is 1. The third-order valence-electron chi connectivity index (χ3n) is 4.02. The van der Waals surface area contributed by atoms with E-state index in [1.807, 2.05) is 49.4 Å². The summed E-state index contributed by atoms with van der Waals surface area (Å²) in [5.41, 5.74) is 3.96. The van der Waals surface area contributed by atoms with E-state index in [9.17, 15) is 4.79 Å². The Morgan fingerprint density at radius 3 is 2.70 bits per heavy atom. The van der Waals surface area contributed by atoms with Crippen LogP contribution in [0.2, 0.25) is 0 Å². The fourth-order valence-corrected chi connectivity index (χ4v) is 2.75. The Morgan fingerprint density at radius 2 is 1.96 bits per heavy atom. The molecule has 0 atom stereocenters. The number of rotatable bonds is 5. The van der Waals surface area contributed by atoms with Crippen LogP contribution < -0.4 is 10.1 Å². The fraction of sp³-hybridized carbons (Fsp3) is 0.211. The average molecular weight is 308 g/mol. The summed E-state index contributed by atoms with van der Waals surface area (Å²) in [7, 11) is 1.65. The van der Waals surface area contributed by atoms with Crippen LogP contribution >= 0.6 is 0 Å². The van der Waals surface area contributed by atoms with Gasteiger partial charge in [0.15, 0.2) is 0 Å². The predicted octanol–water partition coefficient (Wildman–Crippen LogP) is 3.46. The summed E-state index contributed by atoms with van der Waals surface area (Å²) in [6, 6.07) is 13.9. The largest absolute Gasteiger partial charge is 0.497 e. The minimum Gasteiger partial charge on any atom is -0.497 e. The number of aryl methyl sites for hydroxylation is 1. The molecule has 0 unspecified atom stereocenters. The van der Waals surface area contributed by atoms with Crippen LogP contribution in [0.1, 0.15) is 21.5 Å². The van der Waals surface area contributed by atoms with E-state index in [-0.39, 0.29) is 5.91 Å². The normalized spacial score (nSPS) is 10.7. The smallest absolute Gasteiger partial charge is 0.253 e. The lowest BCUT2D eigenvalue weighted by Crippen LogP contribution is -2.25. The second-order valence-corrected chi connectivity index (χ2v) is 5.55. The second-order valence-electron chi connectivity index (χ2n) is 5.55. The lowest BCUT2D eigenvalue weighted by Gasteiger charge is -2.06. The summed E-state index contributed by atoms with van der Waals surface area (Å²) in [6.45, 7) is 2.62. The SMILES string of the molecule is COc1ccc(CCNC(=O)c2c[nH]c3cccc(C)c23)cc1. The Hall–Kier alpha value is -2.75. The monoisotopic (exact) mass is 308 g/mol. The zero-order valence-electron chi connectivity index (χ0n) is 13.3. The van der Waals surface area contributed by atoms with Crippen molar-refractivity contribution in [1.82, 2.24) is 10.3 Å². The van der Waals surface area contributed by atoms with Gasteiger partial charge in [0.05, 0.1) is 12.7 Å². The predicted molar refractivity (Wildman–Crippen MR) is 92.1 cm³/mol. The molecule has 0 saturated carbocycles. The molecule has 4 heteroatoms. The quantitative estimate of drug-likeness (QED) is 0.758. The third kappa shape index (κ3) is 3.21. The molecule has 2 aromatic carbocycles. The van der Waals surface area contributed by atoms with Crippen LogP contribution in [-0.2, 0) is 6.42 Å². The molecule has 118 valence electrons. The van der Waals surface area contributed by atoms with Gasteiger partial charge in [0.1, 0.15) is 5.75 Å². The maximum Gasteiger partial charge on any atom is 0.253 e. The van der Waals surface area contributed by atoms with Crippen molar-refractivity contribution >= 4 is 16.8 Å². The zero-order valence-corrected chi connectivity index (χ0v) is 13.3. The lowest BCUT2D eigenvalue weighted by atomic mass is 10.1. The summed E-state index contributed by atoms with van der Waals surface area (Å²) in [4.78, 5) is 15.6. The molecule has 0 spiro atoms. The summed E-state index contributed by atoms with van der Waals surface area (Å²) >= 11 is 0. The number of hydrogen-bond acceptors (Lipinski definition) is 2. The number of aromatic nitrogens is 1. The van der Waals surface area contributed by atoms with E-state index < -0.39 is 0 Å². The van der Waals surface area contributed by atoms with Gasteiger partial charge >= 0.3 is 0 Å².